The molecule has 2 fully saturated rings. The van der Waals surface area contributed by atoms with Crippen LogP contribution in [0.5, 0.6) is 5.75 Å². The molecule has 1 aromatic heterocycles. The molecule has 0 spiro atoms. The van der Waals surface area contributed by atoms with E-state index in [1.807, 2.05) is 13.0 Å². The maximum absolute atomic E-state index is 12.9. The Hall–Kier alpha value is -2.40. The molecule has 0 aliphatic heterocycles. The van der Waals surface area contributed by atoms with Gasteiger partial charge in [-0.15, -0.1) is 0 Å². The Labute approximate surface area is 170 Å². The van der Waals surface area contributed by atoms with Crippen LogP contribution in [-0.4, -0.2) is 21.6 Å². The minimum Gasteiger partial charge on any atom is -0.508 e. The van der Waals surface area contributed by atoms with E-state index in [2.05, 4.69) is 6.92 Å². The van der Waals surface area contributed by atoms with Gasteiger partial charge in [0.05, 0.1) is 11.9 Å². The van der Waals surface area contributed by atoms with Crippen LogP contribution in [0.4, 0.5) is 0 Å². The van der Waals surface area contributed by atoms with Crippen molar-refractivity contribution in [1.82, 2.24) is 0 Å². The first-order valence-corrected chi connectivity index (χ1v) is 10.4. The molecule has 1 heterocycles. The molecule has 0 saturated heterocycles. The zero-order valence-electron chi connectivity index (χ0n) is 17.0. The zero-order valence-corrected chi connectivity index (χ0v) is 17.0. The average molecular weight is 396 g/mol. The first kappa shape index (κ1) is 19.9. The summed E-state index contributed by atoms with van der Waals surface area (Å²) in [6, 6.07) is 8.49. The molecule has 5 nitrogen and oxygen atoms in total. The van der Waals surface area contributed by atoms with Crippen molar-refractivity contribution in [3.05, 3.63) is 63.7 Å². The molecule has 0 bridgehead atoms. The van der Waals surface area contributed by atoms with Gasteiger partial charge in [0.15, 0.2) is 0 Å². The summed E-state index contributed by atoms with van der Waals surface area (Å²) in [5, 5.41) is 21.6. The molecule has 1 aromatic carbocycles. The van der Waals surface area contributed by atoms with E-state index in [-0.39, 0.29) is 23.1 Å². The molecule has 2 saturated carbocycles. The summed E-state index contributed by atoms with van der Waals surface area (Å²) in [6.07, 6.45) is 5.11. The number of rotatable bonds is 4. The minimum atomic E-state index is -1.08. The van der Waals surface area contributed by atoms with Crippen molar-refractivity contribution in [2.45, 2.75) is 63.9 Å². The first-order valence-electron chi connectivity index (χ1n) is 10.4. The van der Waals surface area contributed by atoms with E-state index in [0.717, 1.165) is 23.1 Å². The van der Waals surface area contributed by atoms with Gasteiger partial charge in [-0.05, 0) is 79.8 Å². The second-order valence-corrected chi connectivity index (χ2v) is 8.99. The molecular weight excluding hydrogens is 368 g/mol. The predicted molar refractivity (Wildman–Crippen MR) is 109 cm³/mol. The van der Waals surface area contributed by atoms with Crippen molar-refractivity contribution < 1.29 is 19.4 Å². The van der Waals surface area contributed by atoms with Gasteiger partial charge in [-0.3, -0.25) is 4.79 Å². The Balaban J connectivity index is 1.62. The number of carbonyl (C=O) groups excluding carboxylic acids is 1. The highest BCUT2D eigenvalue weighted by Crippen LogP contribution is 2.63. The number of aromatic hydroxyl groups is 1. The molecule has 2 aliphatic carbocycles. The maximum atomic E-state index is 12.9. The van der Waals surface area contributed by atoms with Crippen LogP contribution in [0, 0.1) is 18.3 Å². The third-order valence-corrected chi connectivity index (χ3v) is 7.59. The number of phenols is 1. The van der Waals surface area contributed by atoms with E-state index in [4.69, 9.17) is 4.42 Å². The van der Waals surface area contributed by atoms with Crippen LogP contribution in [0.2, 0.25) is 0 Å². The number of hydrogen-bond donors (Lipinski definition) is 2. The van der Waals surface area contributed by atoms with Gasteiger partial charge in [-0.2, -0.15) is 0 Å². The highest BCUT2D eigenvalue weighted by Gasteiger charge is 2.63. The SMILES string of the molecule is Cc1ccc(O)cc1CC[C@@H]1C(=O)CC[C@]2(C)[C@@H](c3ccc(=O)oc3)CC[C@]12O. The predicted octanol–water partition coefficient (Wildman–Crippen LogP) is 3.88. The molecule has 0 unspecified atom stereocenters. The number of Topliss-reactive ketones (excluding diaryl/α,β-unsaturated/α-hetero) is 1. The summed E-state index contributed by atoms with van der Waals surface area (Å²) in [4.78, 5) is 24.2. The van der Waals surface area contributed by atoms with Gasteiger partial charge < -0.3 is 14.6 Å². The van der Waals surface area contributed by atoms with Crippen molar-refractivity contribution >= 4 is 5.78 Å². The lowest BCUT2D eigenvalue weighted by Crippen LogP contribution is -2.56. The Morgan fingerprint density at radius 3 is 2.69 bits per heavy atom. The molecule has 154 valence electrons. The van der Waals surface area contributed by atoms with E-state index in [1.165, 1.54) is 12.3 Å². The number of aliphatic hydroxyl groups is 1. The van der Waals surface area contributed by atoms with Crippen LogP contribution in [0.25, 0.3) is 0 Å². The molecule has 4 atom stereocenters. The zero-order chi connectivity index (χ0) is 20.8. The fraction of sp³-hybridized carbons (Fsp3) is 0.500. The lowest BCUT2D eigenvalue weighted by atomic mass is 9.56. The number of aryl methyl sites for hydroxylation is 2. The summed E-state index contributed by atoms with van der Waals surface area (Å²) >= 11 is 0. The number of ketones is 1. The van der Waals surface area contributed by atoms with Crippen LogP contribution < -0.4 is 5.63 Å². The maximum Gasteiger partial charge on any atom is 0.335 e. The second kappa shape index (κ2) is 7.13. The Kier molecular flexibility index (Phi) is 4.89. The van der Waals surface area contributed by atoms with Crippen LogP contribution in [-0.2, 0) is 11.2 Å². The lowest BCUT2D eigenvalue weighted by molar-refractivity contribution is -0.160. The lowest BCUT2D eigenvalue weighted by Gasteiger charge is -2.50. The Bertz CT molecular complexity index is 973. The molecule has 0 radical (unpaired) electrons. The highest BCUT2D eigenvalue weighted by molar-refractivity contribution is 5.84. The molecule has 4 rings (SSSR count). The molecule has 5 heteroatoms. The number of carbonyl (C=O) groups is 1. The van der Waals surface area contributed by atoms with Crippen LogP contribution in [0.3, 0.4) is 0 Å². The van der Waals surface area contributed by atoms with Crippen molar-refractivity contribution in [2.75, 3.05) is 0 Å². The molecule has 29 heavy (non-hydrogen) atoms. The topological polar surface area (TPSA) is 87.7 Å². The van der Waals surface area contributed by atoms with Crippen LogP contribution in [0.15, 0.2) is 45.8 Å². The third kappa shape index (κ3) is 3.21. The van der Waals surface area contributed by atoms with Gasteiger partial charge >= 0.3 is 5.63 Å². The van der Waals surface area contributed by atoms with Gasteiger partial charge in [0.25, 0.3) is 0 Å². The fourth-order valence-electron chi connectivity index (χ4n) is 5.79. The quantitative estimate of drug-likeness (QED) is 0.819. The average Bonchev–Trinajstić information content (AvgIpc) is 2.96. The van der Waals surface area contributed by atoms with Gasteiger partial charge in [-0.1, -0.05) is 13.0 Å². The van der Waals surface area contributed by atoms with Gasteiger partial charge in [-0.25, -0.2) is 4.79 Å². The Morgan fingerprint density at radius 1 is 1.17 bits per heavy atom. The number of phenolic OH excluding ortho intramolecular Hbond substituents is 1. The van der Waals surface area contributed by atoms with Crippen molar-refractivity contribution in [1.29, 1.82) is 0 Å². The van der Waals surface area contributed by atoms with E-state index in [0.29, 0.717) is 32.1 Å². The van der Waals surface area contributed by atoms with Crippen LogP contribution >= 0.6 is 0 Å². The van der Waals surface area contributed by atoms with E-state index >= 15 is 0 Å². The van der Waals surface area contributed by atoms with Crippen molar-refractivity contribution in [3.8, 4) is 5.75 Å². The molecule has 2 N–H and O–H groups in total. The minimum absolute atomic E-state index is 0.0509. The summed E-state index contributed by atoms with van der Waals surface area (Å²) in [7, 11) is 0. The number of fused-ring (bicyclic) bond motifs is 1. The van der Waals surface area contributed by atoms with Crippen molar-refractivity contribution in [2.24, 2.45) is 11.3 Å². The van der Waals surface area contributed by atoms with E-state index in [9.17, 15) is 19.8 Å². The highest BCUT2D eigenvalue weighted by atomic mass is 16.4. The molecular formula is C24H28O5. The summed E-state index contributed by atoms with van der Waals surface area (Å²) in [5.41, 5.74) is 1.09. The molecule has 2 aromatic rings. The number of benzene rings is 1. The first-order chi connectivity index (χ1) is 13.7. The molecule has 0 amide bonds. The summed E-state index contributed by atoms with van der Waals surface area (Å²) in [5.74, 6) is -0.0303. The molecule has 2 aliphatic rings. The number of hydrogen-bond acceptors (Lipinski definition) is 5. The third-order valence-electron chi connectivity index (χ3n) is 7.59. The van der Waals surface area contributed by atoms with Gasteiger partial charge in [0, 0.05) is 23.8 Å². The van der Waals surface area contributed by atoms with Crippen LogP contribution in [0.1, 0.15) is 61.6 Å². The Morgan fingerprint density at radius 2 is 1.97 bits per heavy atom. The van der Waals surface area contributed by atoms with Crippen molar-refractivity contribution in [3.63, 3.8) is 0 Å². The summed E-state index contributed by atoms with van der Waals surface area (Å²) in [6.45, 7) is 4.07. The second-order valence-electron chi connectivity index (χ2n) is 8.99. The smallest absolute Gasteiger partial charge is 0.335 e. The monoisotopic (exact) mass is 396 g/mol. The van der Waals surface area contributed by atoms with E-state index < -0.39 is 16.9 Å². The summed E-state index contributed by atoms with van der Waals surface area (Å²) < 4.78 is 5.08. The van der Waals surface area contributed by atoms with E-state index in [1.54, 1.807) is 18.2 Å². The van der Waals surface area contributed by atoms with Gasteiger partial charge in [0.1, 0.15) is 11.5 Å². The standard InChI is InChI=1S/C24H28O5/c1-15-3-6-18(25)13-16(15)4-7-20-21(26)10-11-23(2)19(9-12-24(20,23)28)17-5-8-22(27)29-14-17/h3,5-6,8,13-14,19-20,25,28H,4,7,9-12H2,1-2H3/t19-,20-,23-,24+/m1/s1. The largest absolute Gasteiger partial charge is 0.508 e. The fourth-order valence-corrected chi connectivity index (χ4v) is 5.79. The van der Waals surface area contributed by atoms with Gasteiger partial charge in [0.2, 0.25) is 0 Å². The normalized spacial score (nSPS) is 31.6.